The van der Waals surface area contributed by atoms with Gasteiger partial charge in [-0.2, -0.15) is 0 Å². The monoisotopic (exact) mass is 858 g/mol. The number of hydrogen-bond acceptors (Lipinski definition) is 12. The molecule has 0 radical (unpaired) electrons. The minimum Gasteiger partial charge on any atom is -0.493 e. The van der Waals surface area contributed by atoms with E-state index in [9.17, 15) is 19.2 Å². The number of ether oxygens (including phenoxy) is 8. The highest BCUT2D eigenvalue weighted by molar-refractivity contribution is 5.95. The van der Waals surface area contributed by atoms with Crippen LogP contribution in [0.3, 0.4) is 0 Å². The van der Waals surface area contributed by atoms with Crippen molar-refractivity contribution in [3.05, 3.63) is 47.5 Å². The molecule has 2 heterocycles. The van der Waals surface area contributed by atoms with E-state index in [1.54, 1.807) is 86.6 Å². The standard InChI is InChI=1S/C23H36N2O6.C22H34N2O6/c1-23(2,3)31-22(27)25-12-7-9-18(16-25)24(4)21(26)17-10-11-19(29-6)20(15-17)30-14-8-13-28-5;1-22(2,3)30-21(26)24-11-6-8-17(15-24)23-20(25)16-9-10-18(28-5)19(14-16)29-13-7-12-27-4/h10-11,15,18H,7-9,12-14,16H2,1-6H3;9-10,14,17H,6-8,11-13,15H2,1-5H3,(H,23,25)/t18-;17-/m11/s1. The van der Waals surface area contributed by atoms with Crippen LogP contribution in [-0.4, -0.2) is 150 Å². The Morgan fingerprint density at radius 3 is 1.62 bits per heavy atom. The van der Waals surface area contributed by atoms with Gasteiger partial charge in [-0.3, -0.25) is 9.59 Å². The molecule has 16 nitrogen and oxygen atoms in total. The fraction of sp³-hybridized carbons (Fsp3) is 0.644. The van der Waals surface area contributed by atoms with Gasteiger partial charge in [0, 0.05) is 96.7 Å². The SMILES string of the molecule is COCCCOc1cc(C(=O)N(C)[C@@H]2CCCN(C(=O)OC(C)(C)C)C2)ccc1OC.COCCCOc1cc(C(=O)N[C@@H]2CCCN(C(=O)OC(C)(C)C)C2)ccc1OC. The van der Waals surface area contributed by atoms with Gasteiger partial charge in [0.25, 0.3) is 11.8 Å². The zero-order valence-corrected chi connectivity index (χ0v) is 38.3. The number of likely N-dealkylation sites (tertiary alicyclic amines) is 2. The van der Waals surface area contributed by atoms with Gasteiger partial charge >= 0.3 is 12.2 Å². The van der Waals surface area contributed by atoms with Crippen LogP contribution >= 0.6 is 0 Å². The van der Waals surface area contributed by atoms with Gasteiger partial charge in [0.2, 0.25) is 0 Å². The second-order valence-corrected chi connectivity index (χ2v) is 17.0. The molecule has 2 aliphatic heterocycles. The molecule has 2 aromatic rings. The maximum atomic E-state index is 13.2. The van der Waals surface area contributed by atoms with E-state index < -0.39 is 11.2 Å². The molecule has 16 heteroatoms. The molecule has 0 aliphatic carbocycles. The van der Waals surface area contributed by atoms with Gasteiger partial charge in [0.15, 0.2) is 23.0 Å². The minimum atomic E-state index is -0.547. The molecule has 2 atom stereocenters. The first-order valence-corrected chi connectivity index (χ1v) is 21.0. The molecule has 2 aliphatic rings. The maximum Gasteiger partial charge on any atom is 0.410 e. The molecule has 2 fully saturated rings. The summed E-state index contributed by atoms with van der Waals surface area (Å²) in [4.78, 5) is 55.7. The number of rotatable bonds is 16. The molecule has 4 rings (SSSR count). The summed E-state index contributed by atoms with van der Waals surface area (Å²) in [6.45, 7) is 15.3. The molecule has 0 saturated carbocycles. The molecule has 4 amide bonds. The summed E-state index contributed by atoms with van der Waals surface area (Å²) in [7, 11) is 8.18. The van der Waals surface area contributed by atoms with Crippen molar-refractivity contribution >= 4 is 24.0 Å². The van der Waals surface area contributed by atoms with E-state index in [0.717, 1.165) is 38.5 Å². The third-order valence-electron chi connectivity index (χ3n) is 9.66. The van der Waals surface area contributed by atoms with Crippen molar-refractivity contribution < 1.29 is 57.1 Å². The van der Waals surface area contributed by atoms with Crippen molar-refractivity contribution in [1.82, 2.24) is 20.0 Å². The lowest BCUT2D eigenvalue weighted by molar-refractivity contribution is 0.0122. The third-order valence-corrected chi connectivity index (χ3v) is 9.66. The van der Waals surface area contributed by atoms with E-state index in [4.69, 9.17) is 37.9 Å². The molecule has 0 unspecified atom stereocenters. The predicted octanol–water partition coefficient (Wildman–Crippen LogP) is 6.82. The highest BCUT2D eigenvalue weighted by atomic mass is 16.6. The second kappa shape index (κ2) is 24.5. The Morgan fingerprint density at radius 2 is 1.13 bits per heavy atom. The Morgan fingerprint density at radius 1 is 0.656 bits per heavy atom. The van der Waals surface area contributed by atoms with Gasteiger partial charge in [-0.1, -0.05) is 0 Å². The number of amides is 4. The maximum absolute atomic E-state index is 13.2. The quantitative estimate of drug-likeness (QED) is 0.176. The van der Waals surface area contributed by atoms with Crippen LogP contribution in [0.15, 0.2) is 36.4 Å². The molecule has 61 heavy (non-hydrogen) atoms. The molecule has 2 aromatic carbocycles. The molecule has 0 bridgehead atoms. The molecule has 342 valence electrons. The van der Waals surface area contributed by atoms with Gasteiger partial charge in [-0.15, -0.1) is 0 Å². The molecular weight excluding hydrogens is 789 g/mol. The highest BCUT2D eigenvalue weighted by Crippen LogP contribution is 2.30. The fourth-order valence-corrected chi connectivity index (χ4v) is 6.61. The first-order chi connectivity index (χ1) is 28.9. The molecule has 0 aromatic heterocycles. The van der Waals surface area contributed by atoms with E-state index in [2.05, 4.69) is 5.32 Å². The minimum absolute atomic E-state index is 0.0815. The van der Waals surface area contributed by atoms with Gasteiger partial charge in [-0.25, -0.2) is 9.59 Å². The van der Waals surface area contributed by atoms with Crippen molar-refractivity contribution in [2.24, 2.45) is 0 Å². The second-order valence-electron chi connectivity index (χ2n) is 17.0. The van der Waals surface area contributed by atoms with Gasteiger partial charge in [-0.05, 0) is 104 Å². The average Bonchev–Trinajstić information content (AvgIpc) is 3.22. The first kappa shape index (κ1) is 50.4. The van der Waals surface area contributed by atoms with Crippen LogP contribution in [-0.2, 0) is 18.9 Å². The van der Waals surface area contributed by atoms with Crippen LogP contribution in [0.5, 0.6) is 23.0 Å². The van der Waals surface area contributed by atoms with E-state index in [1.807, 2.05) is 41.5 Å². The molecule has 2 saturated heterocycles. The fourth-order valence-electron chi connectivity index (χ4n) is 6.61. The summed E-state index contributed by atoms with van der Waals surface area (Å²) < 4.78 is 43.2. The summed E-state index contributed by atoms with van der Waals surface area (Å²) in [5.74, 6) is 1.84. The van der Waals surface area contributed by atoms with E-state index >= 15 is 0 Å². The molecular formula is C45H70N4O12. The molecule has 1 N–H and O–H groups in total. The lowest BCUT2D eigenvalue weighted by Gasteiger charge is -2.38. The lowest BCUT2D eigenvalue weighted by Crippen LogP contribution is -2.51. The topological polar surface area (TPSA) is 164 Å². The van der Waals surface area contributed by atoms with E-state index in [-0.39, 0.29) is 36.1 Å². The predicted molar refractivity (Wildman–Crippen MR) is 231 cm³/mol. The average molecular weight is 859 g/mol. The summed E-state index contributed by atoms with van der Waals surface area (Å²) >= 11 is 0. The number of nitrogens with zero attached hydrogens (tertiary/aromatic N) is 3. The smallest absolute Gasteiger partial charge is 0.410 e. The normalized spacial score (nSPS) is 16.6. The Kier molecular flexibility index (Phi) is 20.2. The van der Waals surface area contributed by atoms with E-state index in [0.29, 0.717) is 86.7 Å². The Balaban J connectivity index is 0.000000325. The summed E-state index contributed by atoms with van der Waals surface area (Å²) in [5.41, 5.74) is -0.101. The number of carbonyl (C=O) groups excluding carboxylic acids is 4. The third kappa shape index (κ3) is 17.1. The number of carbonyl (C=O) groups is 4. The Labute approximate surface area is 362 Å². The Hall–Kier alpha value is -4.96. The Bertz CT molecular complexity index is 1710. The number of nitrogens with one attached hydrogen (secondary N) is 1. The number of hydrogen-bond donors (Lipinski definition) is 1. The van der Waals surface area contributed by atoms with Gasteiger partial charge in [0.05, 0.1) is 27.4 Å². The molecule has 0 spiro atoms. The van der Waals surface area contributed by atoms with Crippen LogP contribution < -0.4 is 24.3 Å². The van der Waals surface area contributed by atoms with Crippen molar-refractivity contribution in [3.63, 3.8) is 0 Å². The summed E-state index contributed by atoms with van der Waals surface area (Å²) in [5, 5.41) is 3.02. The highest BCUT2D eigenvalue weighted by Gasteiger charge is 2.32. The van der Waals surface area contributed by atoms with Crippen molar-refractivity contribution in [3.8, 4) is 23.0 Å². The number of likely N-dealkylation sites (N-methyl/N-ethyl adjacent to an activating group) is 1. The van der Waals surface area contributed by atoms with Gasteiger partial charge in [0.1, 0.15) is 11.2 Å². The zero-order valence-electron chi connectivity index (χ0n) is 38.3. The zero-order chi connectivity index (χ0) is 45.2. The van der Waals surface area contributed by atoms with Crippen molar-refractivity contribution in [2.75, 3.05) is 88.1 Å². The van der Waals surface area contributed by atoms with Crippen LogP contribution in [0.1, 0.15) is 101 Å². The van der Waals surface area contributed by atoms with Crippen LogP contribution in [0.2, 0.25) is 0 Å². The largest absolute Gasteiger partial charge is 0.493 e. The van der Waals surface area contributed by atoms with Crippen molar-refractivity contribution in [1.29, 1.82) is 0 Å². The first-order valence-electron chi connectivity index (χ1n) is 21.0. The van der Waals surface area contributed by atoms with Crippen LogP contribution in [0, 0.1) is 0 Å². The number of benzene rings is 2. The van der Waals surface area contributed by atoms with Crippen LogP contribution in [0.25, 0.3) is 0 Å². The van der Waals surface area contributed by atoms with Gasteiger partial charge < -0.3 is 57.9 Å². The summed E-state index contributed by atoms with van der Waals surface area (Å²) in [6.07, 6.45) is 4.05. The summed E-state index contributed by atoms with van der Waals surface area (Å²) in [6, 6.07) is 10.1. The number of piperidine rings is 2. The van der Waals surface area contributed by atoms with Crippen LogP contribution in [0.4, 0.5) is 9.59 Å². The lowest BCUT2D eigenvalue weighted by atomic mass is 10.0. The number of methoxy groups -OCH3 is 4. The van der Waals surface area contributed by atoms with E-state index in [1.165, 1.54) is 0 Å². The van der Waals surface area contributed by atoms with Crippen molar-refractivity contribution in [2.45, 2.75) is 103 Å².